The molecule has 46 valence electrons. The minimum atomic E-state index is -2.88. The van der Waals surface area contributed by atoms with Crippen LogP contribution < -0.4 is 0 Å². The number of nitrogens with zero attached hydrogens (tertiary/aromatic N) is 1. The predicted octanol–water partition coefficient (Wildman–Crippen LogP) is 0.977. The smallest absolute Gasteiger partial charge is 0.211 e. The Bertz CT molecular complexity index is 112. The summed E-state index contributed by atoms with van der Waals surface area (Å²) in [6, 6.07) is 0. The molecule has 0 aliphatic rings. The van der Waals surface area contributed by atoms with Crippen molar-refractivity contribution in [1.29, 1.82) is 0 Å². The second-order valence-electron chi connectivity index (χ2n) is 1.48. The molecular weight excluding hydrogens is 116 g/mol. The van der Waals surface area contributed by atoms with Crippen LogP contribution in [0.25, 0.3) is 0 Å². The first-order chi connectivity index (χ1) is 3.56. The first-order valence-electron chi connectivity index (χ1n) is 1.98. The molecule has 0 amide bonds. The van der Waals surface area contributed by atoms with Crippen LogP contribution in [0.4, 0.5) is 8.78 Å². The monoisotopic (exact) mass is 121 g/mol. The lowest BCUT2D eigenvalue weighted by Gasteiger charge is -2.01. The Morgan fingerprint density at radius 1 is 1.75 bits per heavy atom. The minimum absolute atomic E-state index is 0.688. The quantitative estimate of drug-likeness (QED) is 0.395. The van der Waals surface area contributed by atoms with E-state index >= 15 is 0 Å². The first-order valence-corrected chi connectivity index (χ1v) is 1.98. The van der Waals surface area contributed by atoms with Crippen molar-refractivity contribution in [1.82, 2.24) is 0 Å². The molecule has 0 aromatic carbocycles. The summed E-state index contributed by atoms with van der Waals surface area (Å²) in [5.41, 5.74) is 0. The average Bonchev–Trinajstić information content (AvgIpc) is 1.59. The second-order valence-corrected chi connectivity index (χ2v) is 1.48. The van der Waals surface area contributed by atoms with Gasteiger partial charge in [0.15, 0.2) is 0 Å². The van der Waals surface area contributed by atoms with Gasteiger partial charge in [0.05, 0.1) is 0 Å². The molecule has 0 bridgehead atoms. The molecular formula is C4H5F2NO. The SMILES string of the molecule is CC(F)(F)CN=C=O. The van der Waals surface area contributed by atoms with Crippen LogP contribution in [0.2, 0.25) is 0 Å². The van der Waals surface area contributed by atoms with E-state index in [1.807, 2.05) is 0 Å². The van der Waals surface area contributed by atoms with E-state index in [-0.39, 0.29) is 0 Å². The molecule has 0 aromatic rings. The zero-order chi connectivity index (χ0) is 6.62. The third-order valence-corrected chi connectivity index (χ3v) is 0.421. The van der Waals surface area contributed by atoms with Crippen LogP contribution in [0.1, 0.15) is 6.92 Å². The number of carbonyl (C=O) groups excluding carboxylic acids is 1. The molecule has 0 fully saturated rings. The van der Waals surface area contributed by atoms with Crippen LogP contribution >= 0.6 is 0 Å². The van der Waals surface area contributed by atoms with Crippen molar-refractivity contribution in [3.63, 3.8) is 0 Å². The zero-order valence-corrected chi connectivity index (χ0v) is 4.32. The lowest BCUT2D eigenvalue weighted by atomic mass is 10.4. The Hall–Kier alpha value is -0.760. The molecule has 4 heteroatoms. The number of hydrogen-bond donors (Lipinski definition) is 0. The summed E-state index contributed by atoms with van der Waals surface area (Å²) in [7, 11) is 0. The molecule has 0 saturated heterocycles. The van der Waals surface area contributed by atoms with Crippen LogP contribution in [0.5, 0.6) is 0 Å². The van der Waals surface area contributed by atoms with Crippen LogP contribution in [0, 0.1) is 0 Å². The first kappa shape index (κ1) is 7.24. The molecule has 0 aliphatic carbocycles. The maximum Gasteiger partial charge on any atom is 0.265 e. The van der Waals surface area contributed by atoms with Crippen molar-refractivity contribution >= 4 is 6.08 Å². The molecule has 0 aliphatic heterocycles. The molecule has 0 atom stereocenters. The van der Waals surface area contributed by atoms with Crippen molar-refractivity contribution in [3.05, 3.63) is 0 Å². The van der Waals surface area contributed by atoms with Gasteiger partial charge in [-0.3, -0.25) is 0 Å². The summed E-state index contributed by atoms with van der Waals surface area (Å²) in [6.07, 6.45) is 1.02. The fraction of sp³-hybridized carbons (Fsp3) is 0.750. The van der Waals surface area contributed by atoms with Gasteiger partial charge in [0.2, 0.25) is 6.08 Å². The lowest BCUT2D eigenvalue weighted by molar-refractivity contribution is 0.0327. The standard InChI is InChI=1S/C4H5F2NO/c1-4(5,6)2-7-3-8/h2H2,1H3. The summed E-state index contributed by atoms with van der Waals surface area (Å²) in [5.74, 6) is -2.88. The van der Waals surface area contributed by atoms with Gasteiger partial charge in [-0.15, -0.1) is 0 Å². The second kappa shape index (κ2) is 2.52. The maximum absolute atomic E-state index is 11.6. The highest BCUT2D eigenvalue weighted by Crippen LogP contribution is 2.10. The zero-order valence-electron chi connectivity index (χ0n) is 4.32. The minimum Gasteiger partial charge on any atom is -0.211 e. The van der Waals surface area contributed by atoms with Gasteiger partial charge in [-0.1, -0.05) is 0 Å². The third kappa shape index (κ3) is 5.24. The van der Waals surface area contributed by atoms with E-state index in [0.29, 0.717) is 6.92 Å². The van der Waals surface area contributed by atoms with Gasteiger partial charge in [0, 0.05) is 6.92 Å². The van der Waals surface area contributed by atoms with Crippen LogP contribution in [0.15, 0.2) is 4.99 Å². The van der Waals surface area contributed by atoms with Gasteiger partial charge in [0.25, 0.3) is 5.92 Å². The highest BCUT2D eigenvalue weighted by Gasteiger charge is 2.19. The molecule has 0 saturated carbocycles. The van der Waals surface area contributed by atoms with Crippen molar-refractivity contribution in [2.45, 2.75) is 12.8 Å². The highest BCUT2D eigenvalue weighted by molar-refractivity contribution is 5.32. The van der Waals surface area contributed by atoms with Gasteiger partial charge in [0.1, 0.15) is 6.54 Å². The molecule has 0 radical (unpaired) electrons. The van der Waals surface area contributed by atoms with Gasteiger partial charge in [-0.05, 0) is 0 Å². The van der Waals surface area contributed by atoms with Gasteiger partial charge < -0.3 is 0 Å². The Morgan fingerprint density at radius 3 is 2.38 bits per heavy atom. The van der Waals surface area contributed by atoms with E-state index in [1.54, 1.807) is 0 Å². The van der Waals surface area contributed by atoms with Crippen molar-refractivity contribution < 1.29 is 13.6 Å². The summed E-state index contributed by atoms with van der Waals surface area (Å²) in [5, 5.41) is 0. The topological polar surface area (TPSA) is 29.4 Å². The van der Waals surface area contributed by atoms with Gasteiger partial charge in [-0.25, -0.2) is 13.6 Å². The van der Waals surface area contributed by atoms with Crippen LogP contribution in [0.3, 0.4) is 0 Å². The number of isocyanates is 1. The van der Waals surface area contributed by atoms with Crippen molar-refractivity contribution in [3.8, 4) is 0 Å². The molecule has 0 spiro atoms. The largest absolute Gasteiger partial charge is 0.265 e. The van der Waals surface area contributed by atoms with Crippen LogP contribution in [-0.2, 0) is 4.79 Å². The fourth-order valence-corrected chi connectivity index (χ4v) is 0.171. The molecule has 2 nitrogen and oxygen atoms in total. The molecule has 8 heavy (non-hydrogen) atoms. The summed E-state index contributed by atoms with van der Waals surface area (Å²) in [6.45, 7) is -0.0790. The Labute approximate surface area is 45.2 Å². The molecule has 0 rings (SSSR count). The van der Waals surface area contributed by atoms with E-state index < -0.39 is 12.5 Å². The normalized spacial score (nSPS) is 10.4. The average molecular weight is 121 g/mol. The van der Waals surface area contributed by atoms with Crippen molar-refractivity contribution in [2.24, 2.45) is 4.99 Å². The number of alkyl halides is 2. The molecule has 0 N–H and O–H groups in total. The van der Waals surface area contributed by atoms with E-state index in [1.165, 1.54) is 0 Å². The molecule has 0 unspecified atom stereocenters. The number of halogens is 2. The summed E-state index contributed by atoms with van der Waals surface area (Å²) in [4.78, 5) is 11.9. The Balaban J connectivity index is 3.55. The lowest BCUT2D eigenvalue weighted by Crippen LogP contribution is -2.13. The summed E-state index contributed by atoms with van der Waals surface area (Å²) < 4.78 is 23.3. The predicted molar refractivity (Wildman–Crippen MR) is 23.6 cm³/mol. The fourth-order valence-electron chi connectivity index (χ4n) is 0.171. The van der Waals surface area contributed by atoms with E-state index in [4.69, 9.17) is 0 Å². The number of aliphatic imine (C=N–C) groups is 1. The molecule has 0 heterocycles. The number of rotatable bonds is 2. The summed E-state index contributed by atoms with van der Waals surface area (Å²) >= 11 is 0. The van der Waals surface area contributed by atoms with Crippen LogP contribution in [-0.4, -0.2) is 18.5 Å². The van der Waals surface area contributed by atoms with Crippen molar-refractivity contribution in [2.75, 3.05) is 6.54 Å². The van der Waals surface area contributed by atoms with E-state index in [0.717, 1.165) is 6.08 Å². The highest BCUT2D eigenvalue weighted by atomic mass is 19.3. The molecule has 0 aromatic heterocycles. The Kier molecular flexibility index (Phi) is 2.28. The third-order valence-electron chi connectivity index (χ3n) is 0.421. The maximum atomic E-state index is 11.6. The number of hydrogen-bond acceptors (Lipinski definition) is 2. The van der Waals surface area contributed by atoms with E-state index in [2.05, 4.69) is 4.99 Å². The Morgan fingerprint density at radius 2 is 2.25 bits per heavy atom. The van der Waals surface area contributed by atoms with E-state index in [9.17, 15) is 13.6 Å². The van der Waals surface area contributed by atoms with Gasteiger partial charge in [-0.2, -0.15) is 4.99 Å². The van der Waals surface area contributed by atoms with Gasteiger partial charge >= 0.3 is 0 Å².